The van der Waals surface area contributed by atoms with E-state index in [1.165, 1.54) is 0 Å². The lowest BCUT2D eigenvalue weighted by molar-refractivity contribution is 0.102. The summed E-state index contributed by atoms with van der Waals surface area (Å²) in [5.74, 6) is 0.565. The summed E-state index contributed by atoms with van der Waals surface area (Å²) in [6, 6.07) is 12.9. The molecule has 0 saturated heterocycles. The van der Waals surface area contributed by atoms with Gasteiger partial charge in [-0.3, -0.25) is 4.79 Å². The number of carbonyl (C=O) groups excluding carboxylic acids is 1. The molecule has 2 aromatic rings. The molecule has 98 valence electrons. The maximum atomic E-state index is 12.2. The highest BCUT2D eigenvalue weighted by Gasteiger charge is 2.10. The molecule has 0 unspecified atom stereocenters. The van der Waals surface area contributed by atoms with Crippen molar-refractivity contribution >= 4 is 27.5 Å². The van der Waals surface area contributed by atoms with Gasteiger partial charge in [0.15, 0.2) is 0 Å². The first-order valence-electron chi connectivity index (χ1n) is 5.82. The summed E-state index contributed by atoms with van der Waals surface area (Å²) >= 11 is 3.41. The van der Waals surface area contributed by atoms with E-state index in [-0.39, 0.29) is 5.91 Å². The number of ether oxygens (including phenoxy) is 1. The van der Waals surface area contributed by atoms with Crippen LogP contribution in [0.2, 0.25) is 0 Å². The fourth-order valence-electron chi connectivity index (χ4n) is 1.74. The number of carbonyl (C=O) groups is 1. The van der Waals surface area contributed by atoms with Crippen molar-refractivity contribution in [3.8, 4) is 5.75 Å². The largest absolute Gasteiger partial charge is 0.497 e. The first kappa shape index (κ1) is 13.6. The molecule has 0 aromatic heterocycles. The molecule has 19 heavy (non-hydrogen) atoms. The van der Waals surface area contributed by atoms with Crippen LogP contribution in [0, 0.1) is 6.92 Å². The molecule has 0 heterocycles. The molecule has 0 atom stereocenters. The van der Waals surface area contributed by atoms with Crippen molar-refractivity contribution in [2.75, 3.05) is 12.4 Å². The molecule has 0 spiro atoms. The van der Waals surface area contributed by atoms with Crippen LogP contribution >= 0.6 is 15.9 Å². The summed E-state index contributed by atoms with van der Waals surface area (Å²) in [5.41, 5.74) is 2.30. The van der Waals surface area contributed by atoms with Crippen LogP contribution in [0.5, 0.6) is 5.75 Å². The Kier molecular flexibility index (Phi) is 4.22. The number of rotatable bonds is 3. The molecule has 0 aliphatic heterocycles. The molecular weight excluding hydrogens is 306 g/mol. The van der Waals surface area contributed by atoms with Crippen LogP contribution < -0.4 is 10.1 Å². The lowest BCUT2D eigenvalue weighted by Gasteiger charge is -2.10. The average Bonchev–Trinajstić information content (AvgIpc) is 2.41. The van der Waals surface area contributed by atoms with Crippen LogP contribution in [0.3, 0.4) is 0 Å². The molecule has 1 N–H and O–H groups in total. The number of anilines is 1. The van der Waals surface area contributed by atoms with Crippen LogP contribution in [-0.4, -0.2) is 13.0 Å². The molecule has 2 aromatic carbocycles. The van der Waals surface area contributed by atoms with Gasteiger partial charge in [-0.15, -0.1) is 0 Å². The third-order valence-corrected chi connectivity index (χ3v) is 3.50. The topological polar surface area (TPSA) is 38.3 Å². The van der Waals surface area contributed by atoms with Crippen molar-refractivity contribution in [3.05, 3.63) is 58.1 Å². The highest BCUT2D eigenvalue weighted by molar-refractivity contribution is 9.10. The van der Waals surface area contributed by atoms with Gasteiger partial charge in [0, 0.05) is 16.1 Å². The molecule has 0 saturated carbocycles. The lowest BCUT2D eigenvalue weighted by atomic mass is 10.1. The second kappa shape index (κ2) is 5.89. The summed E-state index contributed by atoms with van der Waals surface area (Å²) in [5, 5.41) is 2.88. The van der Waals surface area contributed by atoms with Gasteiger partial charge in [0.05, 0.1) is 12.8 Å². The summed E-state index contributed by atoms with van der Waals surface area (Å²) in [6.45, 7) is 1.91. The van der Waals surface area contributed by atoms with Crippen molar-refractivity contribution in [2.45, 2.75) is 6.92 Å². The van der Waals surface area contributed by atoms with E-state index in [4.69, 9.17) is 4.74 Å². The number of aryl methyl sites for hydroxylation is 1. The Bertz CT molecular complexity index is 611. The minimum absolute atomic E-state index is 0.132. The van der Waals surface area contributed by atoms with Crippen molar-refractivity contribution in [1.29, 1.82) is 0 Å². The minimum Gasteiger partial charge on any atom is -0.497 e. The first-order valence-corrected chi connectivity index (χ1v) is 6.61. The summed E-state index contributed by atoms with van der Waals surface area (Å²) in [4.78, 5) is 12.2. The van der Waals surface area contributed by atoms with E-state index in [0.29, 0.717) is 17.0 Å². The number of nitrogens with one attached hydrogen (secondary N) is 1. The van der Waals surface area contributed by atoms with E-state index in [1.54, 1.807) is 19.2 Å². The summed E-state index contributed by atoms with van der Waals surface area (Å²) in [7, 11) is 1.59. The van der Waals surface area contributed by atoms with E-state index >= 15 is 0 Å². The Morgan fingerprint density at radius 3 is 2.63 bits per heavy atom. The second-order valence-electron chi connectivity index (χ2n) is 4.11. The van der Waals surface area contributed by atoms with Crippen molar-refractivity contribution in [1.82, 2.24) is 0 Å². The molecular formula is C15H14BrNO2. The predicted octanol–water partition coefficient (Wildman–Crippen LogP) is 4.02. The fourth-order valence-corrected chi connectivity index (χ4v) is 2.09. The van der Waals surface area contributed by atoms with E-state index in [1.807, 2.05) is 37.3 Å². The van der Waals surface area contributed by atoms with E-state index in [0.717, 1.165) is 10.0 Å². The van der Waals surface area contributed by atoms with Gasteiger partial charge in [0.1, 0.15) is 5.75 Å². The Morgan fingerprint density at radius 2 is 1.95 bits per heavy atom. The Hall–Kier alpha value is -1.81. The summed E-state index contributed by atoms with van der Waals surface area (Å²) in [6.07, 6.45) is 0. The Morgan fingerprint density at radius 1 is 1.21 bits per heavy atom. The monoisotopic (exact) mass is 319 g/mol. The Balaban J connectivity index is 2.26. The maximum absolute atomic E-state index is 12.2. The van der Waals surface area contributed by atoms with Gasteiger partial charge in [0.2, 0.25) is 0 Å². The number of hydrogen-bond donors (Lipinski definition) is 1. The third-order valence-electron chi connectivity index (χ3n) is 2.81. The maximum Gasteiger partial charge on any atom is 0.255 e. The molecule has 0 radical (unpaired) electrons. The van der Waals surface area contributed by atoms with Crippen molar-refractivity contribution in [3.63, 3.8) is 0 Å². The first-order chi connectivity index (χ1) is 9.11. The highest BCUT2D eigenvalue weighted by atomic mass is 79.9. The number of halogens is 1. The van der Waals surface area contributed by atoms with Crippen LogP contribution in [0.4, 0.5) is 5.69 Å². The number of benzene rings is 2. The fraction of sp³-hybridized carbons (Fsp3) is 0.133. The van der Waals surface area contributed by atoms with Gasteiger partial charge >= 0.3 is 0 Å². The minimum atomic E-state index is -0.132. The zero-order valence-electron chi connectivity index (χ0n) is 10.7. The zero-order valence-corrected chi connectivity index (χ0v) is 12.3. The second-order valence-corrected chi connectivity index (χ2v) is 4.97. The van der Waals surface area contributed by atoms with Gasteiger partial charge in [0.25, 0.3) is 5.91 Å². The quantitative estimate of drug-likeness (QED) is 0.928. The normalized spacial score (nSPS) is 10.1. The molecule has 0 bridgehead atoms. The molecule has 0 aliphatic rings. The summed E-state index contributed by atoms with van der Waals surface area (Å²) < 4.78 is 5.96. The van der Waals surface area contributed by atoms with Crippen molar-refractivity contribution < 1.29 is 9.53 Å². The van der Waals surface area contributed by atoms with E-state index in [9.17, 15) is 4.79 Å². The van der Waals surface area contributed by atoms with Gasteiger partial charge in [-0.1, -0.05) is 18.2 Å². The van der Waals surface area contributed by atoms with Crippen LogP contribution in [-0.2, 0) is 0 Å². The molecule has 0 aliphatic carbocycles. The lowest BCUT2D eigenvalue weighted by Crippen LogP contribution is -2.13. The van der Waals surface area contributed by atoms with Crippen LogP contribution in [0.25, 0.3) is 0 Å². The highest BCUT2D eigenvalue weighted by Crippen LogP contribution is 2.27. The SMILES string of the molecule is COc1ccc(Br)c(NC(=O)c2ccccc2C)c1. The molecule has 2 rings (SSSR count). The average molecular weight is 320 g/mol. The number of methoxy groups -OCH3 is 1. The van der Waals surface area contributed by atoms with Gasteiger partial charge in [-0.2, -0.15) is 0 Å². The van der Waals surface area contributed by atoms with Gasteiger partial charge in [-0.05, 0) is 46.6 Å². The third kappa shape index (κ3) is 3.15. The molecule has 4 heteroatoms. The van der Waals surface area contributed by atoms with Crippen molar-refractivity contribution in [2.24, 2.45) is 0 Å². The van der Waals surface area contributed by atoms with Gasteiger partial charge < -0.3 is 10.1 Å². The predicted molar refractivity (Wildman–Crippen MR) is 79.8 cm³/mol. The number of amides is 1. The molecule has 0 fully saturated rings. The molecule has 1 amide bonds. The molecule has 3 nitrogen and oxygen atoms in total. The van der Waals surface area contributed by atoms with Crippen LogP contribution in [0.1, 0.15) is 15.9 Å². The van der Waals surface area contributed by atoms with Gasteiger partial charge in [-0.25, -0.2) is 0 Å². The van der Waals surface area contributed by atoms with E-state index in [2.05, 4.69) is 21.2 Å². The van der Waals surface area contributed by atoms with E-state index < -0.39 is 0 Å². The van der Waals surface area contributed by atoms with Crippen LogP contribution in [0.15, 0.2) is 46.9 Å². The Labute approximate surface area is 120 Å². The zero-order chi connectivity index (χ0) is 13.8. The number of hydrogen-bond acceptors (Lipinski definition) is 2. The smallest absolute Gasteiger partial charge is 0.255 e. The standard InChI is InChI=1S/C15H14BrNO2/c1-10-5-3-4-6-12(10)15(18)17-14-9-11(19-2)7-8-13(14)16/h3-9H,1-2H3,(H,17,18).